The van der Waals surface area contributed by atoms with Crippen LogP contribution in [0.4, 0.5) is 0 Å². The lowest BCUT2D eigenvalue weighted by molar-refractivity contribution is -0.0755. The summed E-state index contributed by atoms with van der Waals surface area (Å²) in [5, 5.41) is 0. The minimum Gasteiger partial charge on any atom is -0.371 e. The second-order valence-electron chi connectivity index (χ2n) is 4.71. The van der Waals surface area contributed by atoms with Crippen molar-refractivity contribution in [3.63, 3.8) is 0 Å². The number of morpholine rings is 1. The number of rotatable bonds is 5. The molecule has 3 nitrogen and oxygen atoms in total. The van der Waals surface area contributed by atoms with Crippen molar-refractivity contribution in [3.05, 3.63) is 0 Å². The summed E-state index contributed by atoms with van der Waals surface area (Å²) in [7, 11) is 0. The molecular formula is C12H26N2O. The molecule has 2 atom stereocenters. The third-order valence-corrected chi connectivity index (χ3v) is 3.34. The molecule has 15 heavy (non-hydrogen) atoms. The van der Waals surface area contributed by atoms with E-state index in [0.717, 1.165) is 19.0 Å². The minimum absolute atomic E-state index is 0.239. The first kappa shape index (κ1) is 12.9. The maximum Gasteiger partial charge on any atom is 0.0828 e. The van der Waals surface area contributed by atoms with Crippen LogP contribution in [0.15, 0.2) is 0 Å². The van der Waals surface area contributed by atoms with Crippen molar-refractivity contribution in [2.24, 2.45) is 11.7 Å². The average Bonchev–Trinajstić information content (AvgIpc) is 2.25. The van der Waals surface area contributed by atoms with Crippen molar-refractivity contribution in [2.75, 3.05) is 26.2 Å². The van der Waals surface area contributed by atoms with Gasteiger partial charge in [0.05, 0.1) is 12.2 Å². The highest BCUT2D eigenvalue weighted by atomic mass is 16.5. The summed E-state index contributed by atoms with van der Waals surface area (Å²) in [6, 6.07) is 0. The van der Waals surface area contributed by atoms with Crippen LogP contribution in [0.2, 0.25) is 0 Å². The zero-order valence-electron chi connectivity index (χ0n) is 10.4. The van der Waals surface area contributed by atoms with E-state index in [-0.39, 0.29) is 6.10 Å². The van der Waals surface area contributed by atoms with Crippen molar-refractivity contribution in [3.8, 4) is 0 Å². The molecule has 2 unspecified atom stereocenters. The third-order valence-electron chi connectivity index (χ3n) is 3.34. The van der Waals surface area contributed by atoms with E-state index in [0.29, 0.717) is 12.6 Å². The second-order valence-corrected chi connectivity index (χ2v) is 4.71. The lowest BCUT2D eigenvalue weighted by atomic mass is 10.0. The highest BCUT2D eigenvalue weighted by Crippen LogP contribution is 2.15. The molecule has 0 bridgehead atoms. The predicted octanol–water partition coefficient (Wildman–Crippen LogP) is 1.47. The van der Waals surface area contributed by atoms with Gasteiger partial charge >= 0.3 is 0 Å². The maximum absolute atomic E-state index is 5.75. The first-order valence-electron chi connectivity index (χ1n) is 6.27. The minimum atomic E-state index is 0.239. The molecule has 1 fully saturated rings. The molecule has 0 spiro atoms. The summed E-state index contributed by atoms with van der Waals surface area (Å²) in [5.74, 6) is 0.828. The fourth-order valence-electron chi connectivity index (χ4n) is 2.33. The summed E-state index contributed by atoms with van der Waals surface area (Å²) in [4.78, 5) is 2.52. The molecule has 0 aliphatic carbocycles. The Morgan fingerprint density at radius 2 is 2.00 bits per heavy atom. The topological polar surface area (TPSA) is 38.5 Å². The first-order chi connectivity index (χ1) is 7.19. The molecular weight excluding hydrogens is 188 g/mol. The molecule has 1 saturated heterocycles. The Morgan fingerprint density at radius 1 is 1.33 bits per heavy atom. The summed E-state index contributed by atoms with van der Waals surface area (Å²) in [5.41, 5.74) is 5.67. The SMILES string of the molecule is CCC(CC)CN1CC(C)OC(CN)C1. The molecule has 3 heteroatoms. The monoisotopic (exact) mass is 214 g/mol. The van der Waals surface area contributed by atoms with Gasteiger partial charge < -0.3 is 10.5 Å². The van der Waals surface area contributed by atoms with Crippen molar-refractivity contribution in [1.29, 1.82) is 0 Å². The zero-order valence-corrected chi connectivity index (χ0v) is 10.4. The van der Waals surface area contributed by atoms with Gasteiger partial charge in [0.1, 0.15) is 0 Å². The fraction of sp³-hybridized carbons (Fsp3) is 1.00. The van der Waals surface area contributed by atoms with E-state index in [4.69, 9.17) is 10.5 Å². The van der Waals surface area contributed by atoms with Gasteiger partial charge in [0.2, 0.25) is 0 Å². The van der Waals surface area contributed by atoms with Gasteiger partial charge in [0.25, 0.3) is 0 Å². The van der Waals surface area contributed by atoms with Gasteiger partial charge in [-0.1, -0.05) is 26.7 Å². The highest BCUT2D eigenvalue weighted by Gasteiger charge is 2.25. The Labute approximate surface area is 94.0 Å². The van der Waals surface area contributed by atoms with Gasteiger partial charge in [-0.2, -0.15) is 0 Å². The Bertz CT molecular complexity index is 171. The Hall–Kier alpha value is -0.120. The number of hydrogen-bond acceptors (Lipinski definition) is 3. The molecule has 0 aromatic carbocycles. The number of nitrogens with two attached hydrogens (primary N) is 1. The molecule has 90 valence electrons. The van der Waals surface area contributed by atoms with E-state index in [9.17, 15) is 0 Å². The second kappa shape index (κ2) is 6.46. The third kappa shape index (κ3) is 4.09. The molecule has 0 aromatic heterocycles. The standard InChI is InChI=1S/C12H26N2O/c1-4-11(5-2)8-14-7-10(3)15-12(6-13)9-14/h10-12H,4-9,13H2,1-3H3. The highest BCUT2D eigenvalue weighted by molar-refractivity contribution is 4.77. The van der Waals surface area contributed by atoms with Gasteiger partial charge in [0.15, 0.2) is 0 Å². The van der Waals surface area contributed by atoms with E-state index in [1.807, 2.05) is 0 Å². The smallest absolute Gasteiger partial charge is 0.0828 e. The van der Waals surface area contributed by atoms with Gasteiger partial charge in [-0.15, -0.1) is 0 Å². The van der Waals surface area contributed by atoms with Crippen LogP contribution in [-0.4, -0.2) is 43.3 Å². The predicted molar refractivity (Wildman–Crippen MR) is 63.9 cm³/mol. The van der Waals surface area contributed by atoms with Crippen LogP contribution in [0, 0.1) is 5.92 Å². The van der Waals surface area contributed by atoms with Crippen LogP contribution in [0.1, 0.15) is 33.6 Å². The van der Waals surface area contributed by atoms with E-state index in [1.165, 1.54) is 19.4 Å². The first-order valence-corrected chi connectivity index (χ1v) is 6.27. The normalized spacial score (nSPS) is 28.6. The van der Waals surface area contributed by atoms with Crippen molar-refractivity contribution in [2.45, 2.75) is 45.8 Å². The summed E-state index contributed by atoms with van der Waals surface area (Å²) in [6.45, 7) is 10.6. The van der Waals surface area contributed by atoms with Gasteiger partial charge in [0, 0.05) is 26.2 Å². The summed E-state index contributed by atoms with van der Waals surface area (Å²) < 4.78 is 5.75. The summed E-state index contributed by atoms with van der Waals surface area (Å²) in [6.07, 6.45) is 3.12. The van der Waals surface area contributed by atoms with Crippen LogP contribution in [-0.2, 0) is 4.74 Å². The van der Waals surface area contributed by atoms with E-state index in [1.54, 1.807) is 0 Å². The molecule has 0 saturated carbocycles. The zero-order chi connectivity index (χ0) is 11.3. The molecule has 1 heterocycles. The van der Waals surface area contributed by atoms with E-state index < -0.39 is 0 Å². The Morgan fingerprint density at radius 3 is 2.53 bits per heavy atom. The maximum atomic E-state index is 5.75. The van der Waals surface area contributed by atoms with Crippen LogP contribution in [0.5, 0.6) is 0 Å². The van der Waals surface area contributed by atoms with Crippen molar-refractivity contribution in [1.82, 2.24) is 4.90 Å². The lowest BCUT2D eigenvalue weighted by Crippen LogP contribution is -2.50. The summed E-state index contributed by atoms with van der Waals surface area (Å²) >= 11 is 0. The van der Waals surface area contributed by atoms with Gasteiger partial charge in [-0.25, -0.2) is 0 Å². The van der Waals surface area contributed by atoms with Crippen molar-refractivity contribution >= 4 is 0 Å². The Balaban J connectivity index is 2.39. The number of nitrogens with zero attached hydrogens (tertiary/aromatic N) is 1. The molecule has 0 aromatic rings. The molecule has 0 amide bonds. The van der Waals surface area contributed by atoms with E-state index in [2.05, 4.69) is 25.7 Å². The fourth-order valence-corrected chi connectivity index (χ4v) is 2.33. The van der Waals surface area contributed by atoms with Gasteiger partial charge in [-0.3, -0.25) is 4.90 Å². The molecule has 1 aliphatic heterocycles. The molecule has 0 radical (unpaired) electrons. The van der Waals surface area contributed by atoms with Crippen LogP contribution in [0.3, 0.4) is 0 Å². The number of hydrogen-bond donors (Lipinski definition) is 1. The average molecular weight is 214 g/mol. The van der Waals surface area contributed by atoms with Crippen LogP contribution >= 0.6 is 0 Å². The van der Waals surface area contributed by atoms with Crippen molar-refractivity contribution < 1.29 is 4.74 Å². The quantitative estimate of drug-likeness (QED) is 0.753. The molecule has 2 N–H and O–H groups in total. The Kier molecular flexibility index (Phi) is 5.58. The molecule has 1 rings (SSSR count). The van der Waals surface area contributed by atoms with Crippen LogP contribution in [0.25, 0.3) is 0 Å². The number of ether oxygens (including phenoxy) is 1. The lowest BCUT2D eigenvalue weighted by Gasteiger charge is -2.37. The largest absolute Gasteiger partial charge is 0.371 e. The van der Waals surface area contributed by atoms with E-state index >= 15 is 0 Å². The van der Waals surface area contributed by atoms with Crippen LogP contribution < -0.4 is 5.73 Å². The van der Waals surface area contributed by atoms with Gasteiger partial charge in [-0.05, 0) is 12.8 Å². The molecule has 1 aliphatic rings.